The van der Waals surface area contributed by atoms with E-state index >= 15 is 0 Å². The number of carbonyl (C=O) groups is 1. The average molecular weight is 314 g/mol. The van der Waals surface area contributed by atoms with Crippen molar-refractivity contribution >= 4 is 24.3 Å². The second-order valence-corrected chi connectivity index (χ2v) is 6.55. The van der Waals surface area contributed by atoms with Crippen molar-refractivity contribution < 1.29 is 18.6 Å². The molecular weight excluding hydrogens is 295 g/mol. The smallest absolute Gasteiger partial charge is 0.399 e. The highest BCUT2D eigenvalue weighted by Crippen LogP contribution is 2.36. The van der Waals surface area contributed by atoms with Gasteiger partial charge in [-0.2, -0.15) is 0 Å². The van der Waals surface area contributed by atoms with E-state index in [-0.39, 0.29) is 17.1 Å². The largest absolute Gasteiger partial charge is 0.494 e. The molecule has 1 aliphatic rings. The van der Waals surface area contributed by atoms with Crippen LogP contribution in [0.4, 0.5) is 5.82 Å². The summed E-state index contributed by atoms with van der Waals surface area (Å²) in [5.74, 6) is 0.129. The molecule has 6 nitrogen and oxygen atoms in total. The summed E-state index contributed by atoms with van der Waals surface area (Å²) in [5.41, 5.74) is 0.622. The maximum atomic E-state index is 12.1. The van der Waals surface area contributed by atoms with Crippen molar-refractivity contribution in [1.29, 1.82) is 0 Å². The fourth-order valence-electron chi connectivity index (χ4n) is 2.24. The molecule has 0 unspecified atom stereocenters. The molecule has 0 radical (unpaired) electrons. The minimum atomic E-state index is -0.437. The maximum absolute atomic E-state index is 12.1. The fraction of sp³-hybridized carbons (Fsp3) is 0.375. The Morgan fingerprint density at radius 2 is 1.65 bits per heavy atom. The summed E-state index contributed by atoms with van der Waals surface area (Å²) in [7, 11) is -0.437. The molecule has 1 amide bonds. The van der Waals surface area contributed by atoms with Gasteiger partial charge >= 0.3 is 7.12 Å². The van der Waals surface area contributed by atoms with Gasteiger partial charge in [0.1, 0.15) is 6.26 Å². The Bertz CT molecular complexity index is 679. The van der Waals surface area contributed by atoms with Crippen molar-refractivity contribution in [2.45, 2.75) is 38.9 Å². The molecule has 1 aliphatic heterocycles. The fourth-order valence-corrected chi connectivity index (χ4v) is 2.24. The number of hydrogen-bond acceptors (Lipinski definition) is 5. The van der Waals surface area contributed by atoms with Gasteiger partial charge in [0.15, 0.2) is 5.82 Å². The van der Waals surface area contributed by atoms with Crippen LogP contribution in [0.3, 0.4) is 0 Å². The van der Waals surface area contributed by atoms with Crippen LogP contribution in [0, 0.1) is 0 Å². The van der Waals surface area contributed by atoms with Crippen LogP contribution in [-0.2, 0) is 9.31 Å². The van der Waals surface area contributed by atoms with Crippen molar-refractivity contribution in [3.05, 3.63) is 42.2 Å². The zero-order valence-corrected chi connectivity index (χ0v) is 13.6. The monoisotopic (exact) mass is 314 g/mol. The Morgan fingerprint density at radius 3 is 2.17 bits per heavy atom. The molecule has 2 heterocycles. The van der Waals surface area contributed by atoms with Gasteiger partial charge in [0, 0.05) is 11.6 Å². The summed E-state index contributed by atoms with van der Waals surface area (Å²) >= 11 is 0. The number of carbonyl (C=O) groups excluding carboxylic acids is 1. The van der Waals surface area contributed by atoms with E-state index in [0.717, 1.165) is 5.46 Å². The van der Waals surface area contributed by atoms with Crippen LogP contribution in [0.2, 0.25) is 0 Å². The van der Waals surface area contributed by atoms with Gasteiger partial charge in [0.05, 0.1) is 11.2 Å². The third kappa shape index (κ3) is 3.02. The highest BCUT2D eigenvalue weighted by molar-refractivity contribution is 6.62. The van der Waals surface area contributed by atoms with Crippen molar-refractivity contribution in [1.82, 2.24) is 5.16 Å². The molecule has 0 spiro atoms. The Balaban J connectivity index is 1.72. The third-order valence-corrected chi connectivity index (χ3v) is 4.38. The van der Waals surface area contributed by atoms with Gasteiger partial charge in [-0.1, -0.05) is 17.3 Å². The molecule has 1 aromatic heterocycles. The SMILES string of the molecule is CC1(C)OB(c2ccc(C(=O)Nc3ccon3)cc2)OC1(C)C. The van der Waals surface area contributed by atoms with Gasteiger partial charge in [0.2, 0.25) is 0 Å². The number of nitrogens with zero attached hydrogens (tertiary/aromatic N) is 1. The molecule has 1 N–H and O–H groups in total. The van der Waals surface area contributed by atoms with E-state index in [1.54, 1.807) is 18.2 Å². The molecular formula is C16H19BN2O4. The number of anilines is 1. The number of nitrogens with one attached hydrogen (secondary N) is 1. The molecule has 1 saturated heterocycles. The molecule has 0 bridgehead atoms. The Labute approximate surface area is 135 Å². The van der Waals surface area contributed by atoms with E-state index < -0.39 is 7.12 Å². The molecule has 0 saturated carbocycles. The predicted molar refractivity (Wildman–Crippen MR) is 86.6 cm³/mol. The molecule has 3 rings (SSSR count). The summed E-state index contributed by atoms with van der Waals surface area (Å²) in [6, 6.07) is 8.71. The predicted octanol–water partition coefficient (Wildman–Crippen LogP) is 2.23. The standard InChI is InChI=1S/C16H19BN2O4/c1-15(2)16(3,4)23-17(22-15)12-7-5-11(6-8-12)14(20)18-13-9-10-21-19-13/h5-10H,1-4H3,(H,18,19,20). The lowest BCUT2D eigenvalue weighted by Crippen LogP contribution is -2.41. The van der Waals surface area contributed by atoms with E-state index in [9.17, 15) is 4.79 Å². The Kier molecular flexibility index (Phi) is 3.78. The zero-order chi connectivity index (χ0) is 16.7. The molecule has 0 aliphatic carbocycles. The summed E-state index contributed by atoms with van der Waals surface area (Å²) in [5, 5.41) is 6.29. The number of amides is 1. The van der Waals surface area contributed by atoms with Crippen LogP contribution in [0.25, 0.3) is 0 Å². The van der Waals surface area contributed by atoms with E-state index in [1.165, 1.54) is 6.26 Å². The lowest BCUT2D eigenvalue weighted by atomic mass is 9.79. The van der Waals surface area contributed by atoms with Crippen LogP contribution in [0.5, 0.6) is 0 Å². The number of aromatic nitrogens is 1. The van der Waals surface area contributed by atoms with Gasteiger partial charge in [-0.3, -0.25) is 4.79 Å². The lowest BCUT2D eigenvalue weighted by molar-refractivity contribution is 0.00578. The zero-order valence-electron chi connectivity index (χ0n) is 13.6. The minimum Gasteiger partial charge on any atom is -0.399 e. The summed E-state index contributed by atoms with van der Waals surface area (Å²) < 4.78 is 16.7. The topological polar surface area (TPSA) is 73.6 Å². The highest BCUT2D eigenvalue weighted by atomic mass is 16.7. The quantitative estimate of drug-likeness (QED) is 0.880. The van der Waals surface area contributed by atoms with Crippen molar-refractivity contribution in [2.24, 2.45) is 0 Å². The molecule has 2 aromatic rings. The van der Waals surface area contributed by atoms with Crippen LogP contribution in [0.15, 0.2) is 41.1 Å². The first-order valence-electron chi connectivity index (χ1n) is 7.46. The highest BCUT2D eigenvalue weighted by Gasteiger charge is 2.51. The van der Waals surface area contributed by atoms with Crippen molar-refractivity contribution in [3.8, 4) is 0 Å². The van der Waals surface area contributed by atoms with Crippen LogP contribution in [0.1, 0.15) is 38.1 Å². The third-order valence-electron chi connectivity index (χ3n) is 4.38. The van der Waals surface area contributed by atoms with Gasteiger partial charge in [0.25, 0.3) is 5.91 Å². The molecule has 120 valence electrons. The summed E-state index contributed by atoms with van der Waals surface area (Å²) in [6.45, 7) is 8.03. The number of hydrogen-bond donors (Lipinski definition) is 1. The number of benzene rings is 1. The lowest BCUT2D eigenvalue weighted by Gasteiger charge is -2.32. The van der Waals surface area contributed by atoms with Crippen LogP contribution < -0.4 is 10.8 Å². The van der Waals surface area contributed by atoms with Crippen molar-refractivity contribution in [3.63, 3.8) is 0 Å². The first-order valence-corrected chi connectivity index (χ1v) is 7.46. The van der Waals surface area contributed by atoms with Gasteiger partial charge in [-0.05, 0) is 45.3 Å². The average Bonchev–Trinajstić information content (AvgIpc) is 3.05. The summed E-state index contributed by atoms with van der Waals surface area (Å²) in [6.07, 6.45) is 1.40. The van der Waals surface area contributed by atoms with E-state index in [1.807, 2.05) is 39.8 Å². The maximum Gasteiger partial charge on any atom is 0.494 e. The number of rotatable bonds is 3. The molecule has 1 aromatic carbocycles. The van der Waals surface area contributed by atoms with Crippen LogP contribution >= 0.6 is 0 Å². The summed E-state index contributed by atoms with van der Waals surface area (Å²) in [4.78, 5) is 12.1. The van der Waals surface area contributed by atoms with Crippen molar-refractivity contribution in [2.75, 3.05) is 5.32 Å². The second-order valence-electron chi connectivity index (χ2n) is 6.55. The second kappa shape index (κ2) is 5.51. The molecule has 7 heteroatoms. The van der Waals surface area contributed by atoms with E-state index in [0.29, 0.717) is 11.4 Å². The normalized spacial score (nSPS) is 18.9. The minimum absolute atomic E-state index is 0.251. The molecule has 1 fully saturated rings. The first-order chi connectivity index (χ1) is 10.8. The Hall–Kier alpha value is -2.12. The van der Waals surface area contributed by atoms with Gasteiger partial charge in [-0.25, -0.2) is 0 Å². The van der Waals surface area contributed by atoms with Gasteiger partial charge < -0.3 is 19.1 Å². The van der Waals surface area contributed by atoms with Crippen LogP contribution in [-0.4, -0.2) is 29.4 Å². The molecule has 0 atom stereocenters. The van der Waals surface area contributed by atoms with Gasteiger partial charge in [-0.15, -0.1) is 0 Å². The van der Waals surface area contributed by atoms with E-state index in [2.05, 4.69) is 15.0 Å². The van der Waals surface area contributed by atoms with E-state index in [4.69, 9.17) is 9.31 Å². The Morgan fingerprint density at radius 1 is 1.04 bits per heavy atom. The first kappa shape index (κ1) is 15.8. The molecule has 23 heavy (non-hydrogen) atoms.